The highest BCUT2D eigenvalue weighted by Gasteiger charge is 2.31. The number of nitrogens with one attached hydrogen (secondary N) is 1. The van der Waals surface area contributed by atoms with E-state index in [9.17, 15) is 23.2 Å². The fraction of sp³-hybridized carbons (Fsp3) is 0.353. The molecule has 1 aromatic heterocycles. The van der Waals surface area contributed by atoms with Crippen LogP contribution in [0.1, 0.15) is 28.6 Å². The van der Waals surface area contributed by atoms with Gasteiger partial charge in [0, 0.05) is 7.05 Å². The Morgan fingerprint density at radius 3 is 2.65 bits per heavy atom. The van der Waals surface area contributed by atoms with Crippen molar-refractivity contribution < 1.29 is 22.7 Å². The number of nitrogens with zero attached hydrogens (tertiary/aromatic N) is 3. The Hall–Kier alpha value is -3.02. The number of aryl methyl sites for hydroxylation is 2. The molecule has 26 heavy (non-hydrogen) atoms. The average Bonchev–Trinajstić information content (AvgIpc) is 2.82. The lowest BCUT2D eigenvalue weighted by molar-refractivity contribution is -0.137. The molecule has 138 valence electrons. The molecule has 0 saturated carbocycles. The highest BCUT2D eigenvalue weighted by atomic mass is 19.4. The summed E-state index contributed by atoms with van der Waals surface area (Å²) in [6.45, 7) is 3.11. The van der Waals surface area contributed by atoms with Gasteiger partial charge in [-0.15, -0.1) is 0 Å². The Bertz CT molecular complexity index is 853. The lowest BCUT2D eigenvalue weighted by Crippen LogP contribution is -2.32. The summed E-state index contributed by atoms with van der Waals surface area (Å²) in [4.78, 5) is 12.0. The van der Waals surface area contributed by atoms with Crippen molar-refractivity contribution in [2.24, 2.45) is 7.05 Å². The van der Waals surface area contributed by atoms with Crippen molar-refractivity contribution in [1.82, 2.24) is 15.1 Å². The number of nitriles is 1. The van der Waals surface area contributed by atoms with Crippen LogP contribution in [-0.4, -0.2) is 22.3 Å². The van der Waals surface area contributed by atoms with Crippen LogP contribution in [0, 0.1) is 25.2 Å². The molecule has 0 saturated heterocycles. The van der Waals surface area contributed by atoms with Crippen LogP contribution in [0.4, 0.5) is 13.2 Å². The van der Waals surface area contributed by atoms with E-state index < -0.39 is 23.7 Å². The monoisotopic (exact) mass is 366 g/mol. The molecule has 2 rings (SSSR count). The first kappa shape index (κ1) is 19.3. The van der Waals surface area contributed by atoms with Crippen LogP contribution in [0.15, 0.2) is 24.3 Å². The SMILES string of the molecule is Cc1nn(C)c(C)c1OCC(=O)NC(C#N)c1cccc(C(F)(F)F)c1. The van der Waals surface area contributed by atoms with E-state index in [1.165, 1.54) is 12.1 Å². The van der Waals surface area contributed by atoms with E-state index in [0.717, 1.165) is 17.8 Å². The maximum atomic E-state index is 12.8. The van der Waals surface area contributed by atoms with Crippen LogP contribution >= 0.6 is 0 Å². The minimum atomic E-state index is -4.53. The predicted octanol–water partition coefficient (Wildman–Crippen LogP) is 2.82. The molecular formula is C17H17F3N4O2. The summed E-state index contributed by atoms with van der Waals surface area (Å²) >= 11 is 0. The third-order valence-electron chi connectivity index (χ3n) is 3.77. The minimum absolute atomic E-state index is 0.0458. The van der Waals surface area contributed by atoms with E-state index in [1.54, 1.807) is 31.6 Å². The maximum Gasteiger partial charge on any atom is 0.416 e. The van der Waals surface area contributed by atoms with Crippen molar-refractivity contribution in [2.45, 2.75) is 26.1 Å². The van der Waals surface area contributed by atoms with Crippen LogP contribution in [0.25, 0.3) is 0 Å². The molecule has 0 aliphatic rings. The molecule has 1 aromatic carbocycles. The zero-order valence-electron chi connectivity index (χ0n) is 14.4. The molecule has 0 spiro atoms. The van der Waals surface area contributed by atoms with Gasteiger partial charge in [0.15, 0.2) is 12.4 Å². The van der Waals surface area contributed by atoms with Crippen LogP contribution in [0.3, 0.4) is 0 Å². The van der Waals surface area contributed by atoms with Crippen LogP contribution in [0.5, 0.6) is 5.75 Å². The lowest BCUT2D eigenvalue weighted by Gasteiger charge is -2.14. The molecule has 1 N–H and O–H groups in total. The van der Waals surface area contributed by atoms with Crippen molar-refractivity contribution in [3.05, 3.63) is 46.8 Å². The number of rotatable bonds is 5. The molecule has 0 aliphatic carbocycles. The fourth-order valence-electron chi connectivity index (χ4n) is 2.39. The van der Waals surface area contributed by atoms with Gasteiger partial charge < -0.3 is 10.1 Å². The average molecular weight is 366 g/mol. The highest BCUT2D eigenvalue weighted by Crippen LogP contribution is 2.30. The zero-order chi connectivity index (χ0) is 19.5. The lowest BCUT2D eigenvalue weighted by atomic mass is 10.0. The third kappa shape index (κ3) is 4.33. The van der Waals surface area contributed by atoms with E-state index in [1.807, 2.05) is 0 Å². The molecule has 0 aliphatic heterocycles. The number of carbonyl (C=O) groups excluding carboxylic acids is 1. The second kappa shape index (κ2) is 7.47. The van der Waals surface area contributed by atoms with Crippen LogP contribution in [0.2, 0.25) is 0 Å². The summed E-state index contributed by atoms with van der Waals surface area (Å²) in [5.74, 6) is -0.174. The topological polar surface area (TPSA) is 79.9 Å². The van der Waals surface area contributed by atoms with Crippen molar-refractivity contribution >= 4 is 5.91 Å². The molecule has 1 unspecified atom stereocenters. The number of benzene rings is 1. The molecule has 1 amide bonds. The number of halogens is 3. The van der Waals surface area contributed by atoms with E-state index in [-0.39, 0.29) is 12.2 Å². The smallest absolute Gasteiger partial charge is 0.416 e. The molecule has 0 bridgehead atoms. The van der Waals surface area contributed by atoms with Gasteiger partial charge in [-0.1, -0.05) is 12.1 Å². The third-order valence-corrected chi connectivity index (χ3v) is 3.77. The molecule has 1 heterocycles. The van der Waals surface area contributed by atoms with Gasteiger partial charge in [-0.05, 0) is 31.5 Å². The maximum absolute atomic E-state index is 12.8. The molecule has 0 radical (unpaired) electrons. The normalized spacial score (nSPS) is 12.3. The standard InChI is InChI=1S/C17H17F3N4O2/c1-10-16(11(2)24(3)23-10)26-9-15(25)22-14(8-21)12-5-4-6-13(7-12)17(18,19)20/h4-7,14H,9H2,1-3H3,(H,22,25). The fourth-order valence-corrected chi connectivity index (χ4v) is 2.39. The van der Waals surface area contributed by atoms with Gasteiger partial charge in [0.2, 0.25) is 0 Å². The number of ether oxygens (including phenoxy) is 1. The number of carbonyl (C=O) groups is 1. The Labute approximate surface area is 148 Å². The van der Waals surface area contributed by atoms with E-state index in [2.05, 4.69) is 10.4 Å². The second-order valence-electron chi connectivity index (χ2n) is 5.67. The second-order valence-corrected chi connectivity index (χ2v) is 5.67. The predicted molar refractivity (Wildman–Crippen MR) is 86.1 cm³/mol. The van der Waals surface area contributed by atoms with Crippen LogP contribution in [-0.2, 0) is 18.0 Å². The summed E-state index contributed by atoms with van der Waals surface area (Å²) in [7, 11) is 1.73. The highest BCUT2D eigenvalue weighted by molar-refractivity contribution is 5.78. The number of amides is 1. The molecule has 9 heteroatoms. The first-order chi connectivity index (χ1) is 12.1. The summed E-state index contributed by atoms with van der Waals surface area (Å²) in [5.41, 5.74) is 0.490. The Kier molecular flexibility index (Phi) is 5.55. The van der Waals surface area contributed by atoms with Gasteiger partial charge >= 0.3 is 6.18 Å². The van der Waals surface area contributed by atoms with Gasteiger partial charge in [0.25, 0.3) is 5.91 Å². The molecule has 1 atom stereocenters. The van der Waals surface area contributed by atoms with Crippen molar-refractivity contribution in [3.8, 4) is 11.8 Å². The molecule has 2 aromatic rings. The largest absolute Gasteiger partial charge is 0.480 e. The molecule has 0 fully saturated rings. The molecular weight excluding hydrogens is 349 g/mol. The first-order valence-electron chi connectivity index (χ1n) is 7.62. The molecule has 6 nitrogen and oxygen atoms in total. The van der Waals surface area contributed by atoms with Crippen molar-refractivity contribution in [3.63, 3.8) is 0 Å². The van der Waals surface area contributed by atoms with E-state index in [4.69, 9.17) is 4.74 Å². The van der Waals surface area contributed by atoms with Gasteiger partial charge in [-0.2, -0.15) is 23.5 Å². The van der Waals surface area contributed by atoms with E-state index in [0.29, 0.717) is 11.4 Å². The number of hydrogen-bond acceptors (Lipinski definition) is 4. The van der Waals surface area contributed by atoms with E-state index >= 15 is 0 Å². The Balaban J connectivity index is 2.06. The van der Waals surface area contributed by atoms with Crippen molar-refractivity contribution in [1.29, 1.82) is 5.26 Å². The van der Waals surface area contributed by atoms with Gasteiger partial charge in [-0.3, -0.25) is 9.48 Å². The number of hydrogen-bond donors (Lipinski definition) is 1. The minimum Gasteiger partial charge on any atom is -0.480 e. The first-order valence-corrected chi connectivity index (χ1v) is 7.62. The van der Waals surface area contributed by atoms with Gasteiger partial charge in [0.1, 0.15) is 11.7 Å². The number of aromatic nitrogens is 2. The number of alkyl halides is 3. The summed E-state index contributed by atoms with van der Waals surface area (Å²) in [5, 5.41) is 15.7. The quantitative estimate of drug-likeness (QED) is 0.882. The Morgan fingerprint density at radius 2 is 2.12 bits per heavy atom. The zero-order valence-corrected chi connectivity index (χ0v) is 14.4. The summed E-state index contributed by atoms with van der Waals surface area (Å²) < 4.78 is 45.4. The Morgan fingerprint density at radius 1 is 1.42 bits per heavy atom. The van der Waals surface area contributed by atoms with Gasteiger partial charge in [0.05, 0.1) is 17.3 Å². The van der Waals surface area contributed by atoms with Crippen molar-refractivity contribution in [2.75, 3.05) is 6.61 Å². The summed E-state index contributed by atoms with van der Waals surface area (Å²) in [6.07, 6.45) is -4.53. The van der Waals surface area contributed by atoms with Crippen LogP contribution < -0.4 is 10.1 Å². The summed E-state index contributed by atoms with van der Waals surface area (Å²) in [6, 6.07) is 4.84. The van der Waals surface area contributed by atoms with Gasteiger partial charge in [-0.25, -0.2) is 0 Å².